The summed E-state index contributed by atoms with van der Waals surface area (Å²) in [5.74, 6) is 0. The molecular formula is C11H18N2O3S2. The van der Waals surface area contributed by atoms with Crippen LogP contribution in [-0.2, 0) is 21.3 Å². The Morgan fingerprint density at radius 2 is 2.39 bits per heavy atom. The van der Waals surface area contributed by atoms with Crippen LogP contribution in [0.15, 0.2) is 16.3 Å². The lowest BCUT2D eigenvalue weighted by atomic mass is 10.3. The molecule has 0 spiro atoms. The number of hydrogen-bond acceptors (Lipinski definition) is 5. The van der Waals surface area contributed by atoms with Gasteiger partial charge in [0.15, 0.2) is 0 Å². The second-order valence-corrected chi connectivity index (χ2v) is 7.15. The van der Waals surface area contributed by atoms with Gasteiger partial charge in [-0.05, 0) is 24.9 Å². The van der Waals surface area contributed by atoms with Crippen molar-refractivity contribution in [3.8, 4) is 0 Å². The molecule has 0 aromatic carbocycles. The Balaban J connectivity index is 2.23. The maximum absolute atomic E-state index is 12.5. The number of nitrogens with zero attached hydrogens (tertiary/aromatic N) is 1. The van der Waals surface area contributed by atoms with Crippen LogP contribution in [-0.4, -0.2) is 46.1 Å². The van der Waals surface area contributed by atoms with E-state index in [1.165, 1.54) is 15.6 Å². The maximum atomic E-state index is 12.5. The Morgan fingerprint density at radius 1 is 1.61 bits per heavy atom. The van der Waals surface area contributed by atoms with E-state index >= 15 is 0 Å². The molecule has 1 saturated heterocycles. The van der Waals surface area contributed by atoms with Gasteiger partial charge in [0.2, 0.25) is 10.0 Å². The van der Waals surface area contributed by atoms with Crippen LogP contribution in [0.3, 0.4) is 0 Å². The second-order valence-electron chi connectivity index (χ2n) is 4.25. The molecular weight excluding hydrogens is 272 g/mol. The van der Waals surface area contributed by atoms with Crippen LogP contribution in [0.2, 0.25) is 0 Å². The van der Waals surface area contributed by atoms with Crippen LogP contribution in [0.4, 0.5) is 0 Å². The van der Waals surface area contributed by atoms with Crippen LogP contribution in [0.5, 0.6) is 0 Å². The number of hydrogen-bond donors (Lipinski definition) is 1. The lowest BCUT2D eigenvalue weighted by molar-refractivity contribution is 0.115. The number of thiophene rings is 1. The van der Waals surface area contributed by atoms with Crippen LogP contribution in [0.25, 0.3) is 0 Å². The summed E-state index contributed by atoms with van der Waals surface area (Å²) in [5.41, 5.74) is 0. The van der Waals surface area contributed by atoms with E-state index in [1.54, 1.807) is 13.2 Å². The molecule has 1 fully saturated rings. The van der Waals surface area contributed by atoms with Gasteiger partial charge in [0.25, 0.3) is 0 Å². The monoisotopic (exact) mass is 290 g/mol. The summed E-state index contributed by atoms with van der Waals surface area (Å²) in [7, 11) is 0.0678. The standard InChI is InChI=1S/C11H18N2O3S2/c1-12-7-10-11(4-6-17-10)18(14,15)13-5-3-9(8-13)16-2/h4,6,9,12H,3,5,7-8H2,1-2H3. The van der Waals surface area contributed by atoms with Gasteiger partial charge in [0, 0.05) is 31.6 Å². The van der Waals surface area contributed by atoms with E-state index in [-0.39, 0.29) is 6.10 Å². The number of nitrogens with one attached hydrogen (secondary N) is 1. The molecule has 0 aliphatic carbocycles. The molecule has 1 aliphatic heterocycles. The molecule has 7 heteroatoms. The second kappa shape index (κ2) is 5.66. The van der Waals surface area contributed by atoms with Gasteiger partial charge >= 0.3 is 0 Å². The fourth-order valence-corrected chi connectivity index (χ4v) is 5.01. The summed E-state index contributed by atoms with van der Waals surface area (Å²) < 4.78 is 31.7. The molecule has 0 bridgehead atoms. The van der Waals surface area contributed by atoms with Crippen molar-refractivity contribution in [2.24, 2.45) is 0 Å². The minimum absolute atomic E-state index is 0.0196. The van der Waals surface area contributed by atoms with E-state index in [0.29, 0.717) is 24.5 Å². The summed E-state index contributed by atoms with van der Waals surface area (Å²) in [6, 6.07) is 1.69. The Hall–Kier alpha value is -0.470. The molecule has 2 rings (SSSR count). The van der Waals surface area contributed by atoms with Gasteiger partial charge in [-0.25, -0.2) is 8.42 Å². The fraction of sp³-hybridized carbons (Fsp3) is 0.636. The lowest BCUT2D eigenvalue weighted by Gasteiger charge is -2.16. The smallest absolute Gasteiger partial charge is 0.244 e. The molecule has 0 saturated carbocycles. The highest BCUT2D eigenvalue weighted by Crippen LogP contribution is 2.28. The average Bonchev–Trinajstić information content (AvgIpc) is 2.97. The topological polar surface area (TPSA) is 58.6 Å². The fourth-order valence-electron chi connectivity index (χ4n) is 2.10. The molecule has 1 unspecified atom stereocenters. The van der Waals surface area contributed by atoms with Gasteiger partial charge < -0.3 is 10.1 Å². The summed E-state index contributed by atoms with van der Waals surface area (Å²) in [4.78, 5) is 1.29. The Morgan fingerprint density at radius 3 is 3.00 bits per heavy atom. The average molecular weight is 290 g/mol. The van der Waals surface area contributed by atoms with Crippen molar-refractivity contribution in [3.63, 3.8) is 0 Å². The molecule has 2 heterocycles. The highest BCUT2D eigenvalue weighted by molar-refractivity contribution is 7.89. The Bertz CT molecular complexity index is 498. The predicted octanol–water partition coefficient (Wildman–Crippen LogP) is 0.877. The first kappa shape index (κ1) is 14.0. The van der Waals surface area contributed by atoms with Gasteiger partial charge in [-0.2, -0.15) is 4.31 Å². The molecule has 1 aromatic heterocycles. The highest BCUT2D eigenvalue weighted by Gasteiger charge is 2.34. The highest BCUT2D eigenvalue weighted by atomic mass is 32.2. The quantitative estimate of drug-likeness (QED) is 0.874. The number of methoxy groups -OCH3 is 1. The van der Waals surface area contributed by atoms with E-state index in [1.807, 2.05) is 12.4 Å². The van der Waals surface area contributed by atoms with Gasteiger partial charge in [-0.3, -0.25) is 0 Å². The first-order valence-corrected chi connectivity index (χ1v) is 8.15. The molecule has 0 amide bonds. The van der Waals surface area contributed by atoms with E-state index in [4.69, 9.17) is 4.74 Å². The van der Waals surface area contributed by atoms with Crippen LogP contribution >= 0.6 is 11.3 Å². The zero-order valence-corrected chi connectivity index (χ0v) is 12.2. The minimum Gasteiger partial charge on any atom is -0.380 e. The first-order valence-electron chi connectivity index (χ1n) is 5.83. The molecule has 1 N–H and O–H groups in total. The number of sulfonamides is 1. The van der Waals surface area contributed by atoms with Crippen molar-refractivity contribution >= 4 is 21.4 Å². The Labute approximate surface area is 112 Å². The van der Waals surface area contributed by atoms with E-state index < -0.39 is 10.0 Å². The van der Waals surface area contributed by atoms with Crippen molar-refractivity contribution in [2.45, 2.75) is 24.0 Å². The summed E-state index contributed by atoms with van der Waals surface area (Å²) in [6.07, 6.45) is 0.785. The van der Waals surface area contributed by atoms with E-state index in [0.717, 1.165) is 11.3 Å². The summed E-state index contributed by atoms with van der Waals surface area (Å²) in [6.45, 7) is 1.57. The third-order valence-electron chi connectivity index (χ3n) is 3.10. The summed E-state index contributed by atoms with van der Waals surface area (Å²) >= 11 is 1.47. The largest absolute Gasteiger partial charge is 0.380 e. The van der Waals surface area contributed by atoms with Crippen molar-refractivity contribution in [1.29, 1.82) is 0 Å². The van der Waals surface area contributed by atoms with Crippen LogP contribution in [0, 0.1) is 0 Å². The molecule has 5 nitrogen and oxygen atoms in total. The lowest BCUT2D eigenvalue weighted by Crippen LogP contribution is -2.30. The molecule has 1 aromatic rings. The number of ether oxygens (including phenoxy) is 1. The minimum atomic E-state index is -3.37. The van der Waals surface area contributed by atoms with Gasteiger partial charge in [-0.1, -0.05) is 0 Å². The van der Waals surface area contributed by atoms with Gasteiger partial charge in [0.1, 0.15) is 0 Å². The normalized spacial score (nSPS) is 21.6. The van der Waals surface area contributed by atoms with Crippen molar-refractivity contribution in [3.05, 3.63) is 16.3 Å². The number of rotatable bonds is 5. The van der Waals surface area contributed by atoms with Gasteiger partial charge in [-0.15, -0.1) is 11.3 Å². The van der Waals surface area contributed by atoms with E-state index in [9.17, 15) is 8.42 Å². The zero-order chi connectivity index (χ0) is 13.2. The maximum Gasteiger partial charge on any atom is 0.244 e. The zero-order valence-electron chi connectivity index (χ0n) is 10.5. The first-order chi connectivity index (χ1) is 8.59. The van der Waals surface area contributed by atoms with Crippen molar-refractivity contribution in [2.75, 3.05) is 27.2 Å². The van der Waals surface area contributed by atoms with E-state index in [2.05, 4.69) is 5.32 Å². The molecule has 18 heavy (non-hydrogen) atoms. The van der Waals surface area contributed by atoms with Crippen LogP contribution in [0.1, 0.15) is 11.3 Å². The van der Waals surface area contributed by atoms with Crippen LogP contribution < -0.4 is 5.32 Å². The third kappa shape index (κ3) is 2.60. The van der Waals surface area contributed by atoms with Gasteiger partial charge in [0.05, 0.1) is 11.0 Å². The Kier molecular flexibility index (Phi) is 4.39. The molecule has 102 valence electrons. The SMILES string of the molecule is CNCc1sccc1S(=O)(=O)N1CCC(OC)C1. The van der Waals surface area contributed by atoms with Crippen molar-refractivity contribution < 1.29 is 13.2 Å². The van der Waals surface area contributed by atoms with Crippen molar-refractivity contribution in [1.82, 2.24) is 9.62 Å². The summed E-state index contributed by atoms with van der Waals surface area (Å²) in [5, 5.41) is 4.82. The predicted molar refractivity (Wildman–Crippen MR) is 71.3 cm³/mol. The molecule has 0 radical (unpaired) electrons. The molecule has 1 atom stereocenters. The molecule has 1 aliphatic rings. The third-order valence-corrected chi connectivity index (χ3v) is 6.10.